The fourth-order valence-corrected chi connectivity index (χ4v) is 7.91. The Bertz CT molecular complexity index is 1510. The Morgan fingerprint density at radius 2 is 1.84 bits per heavy atom. The zero-order valence-corrected chi connectivity index (χ0v) is 26.3. The van der Waals surface area contributed by atoms with Crippen molar-refractivity contribution >= 4 is 33.2 Å². The predicted octanol–water partition coefficient (Wildman–Crippen LogP) is 4.18. The third-order valence-corrected chi connectivity index (χ3v) is 10.6. The van der Waals surface area contributed by atoms with Crippen LogP contribution in [0.25, 0.3) is 0 Å². The average Bonchev–Trinajstić information content (AvgIpc) is 3.02. The van der Waals surface area contributed by atoms with Crippen molar-refractivity contribution in [2.75, 3.05) is 31.6 Å². The number of halogens is 2. The summed E-state index contributed by atoms with van der Waals surface area (Å²) >= 11 is 6.09. The maximum Gasteiger partial charge on any atom is 0.243 e. The number of rotatable bonds is 11. The molecule has 0 unspecified atom stereocenters. The van der Waals surface area contributed by atoms with Gasteiger partial charge in [-0.3, -0.25) is 9.78 Å². The third kappa shape index (κ3) is 7.94. The molecule has 1 aromatic heterocycles. The second-order valence-electron chi connectivity index (χ2n) is 11.4. The first kappa shape index (κ1) is 32.3. The molecule has 0 spiro atoms. The van der Waals surface area contributed by atoms with Crippen molar-refractivity contribution in [1.29, 1.82) is 0 Å². The summed E-state index contributed by atoms with van der Waals surface area (Å²) in [6.07, 6.45) is 5.08. The van der Waals surface area contributed by atoms with E-state index < -0.39 is 27.9 Å². The number of amides is 1. The SMILES string of the molecule is C[C@H]1CNC[C@H](CCc2c(F)cncc2N[C@@H](Cc2ccc(Cl)cc2)C(=O)NC2CCOCC2)N1S(=O)(=O)c1ccccc1. The molecule has 2 aromatic carbocycles. The zero-order chi connectivity index (χ0) is 31.1. The number of carbonyl (C=O) groups is 1. The van der Waals surface area contributed by atoms with E-state index in [-0.39, 0.29) is 29.3 Å². The summed E-state index contributed by atoms with van der Waals surface area (Å²) in [5.74, 6) is -0.716. The number of sulfonamides is 1. The Balaban J connectivity index is 1.37. The van der Waals surface area contributed by atoms with Crippen LogP contribution in [0.2, 0.25) is 5.02 Å². The number of anilines is 1. The minimum absolute atomic E-state index is 0.00536. The van der Waals surface area contributed by atoms with E-state index >= 15 is 4.39 Å². The minimum atomic E-state index is -3.77. The van der Waals surface area contributed by atoms with Gasteiger partial charge in [0.1, 0.15) is 11.9 Å². The van der Waals surface area contributed by atoms with E-state index in [9.17, 15) is 13.2 Å². The number of hydrogen-bond donors (Lipinski definition) is 3. The van der Waals surface area contributed by atoms with Gasteiger partial charge in [0.05, 0.1) is 23.0 Å². The van der Waals surface area contributed by atoms with E-state index in [1.807, 2.05) is 19.1 Å². The highest BCUT2D eigenvalue weighted by molar-refractivity contribution is 7.89. The number of nitrogens with one attached hydrogen (secondary N) is 3. The van der Waals surface area contributed by atoms with Crippen molar-refractivity contribution < 1.29 is 22.3 Å². The van der Waals surface area contributed by atoms with Gasteiger partial charge < -0.3 is 20.7 Å². The van der Waals surface area contributed by atoms with E-state index in [2.05, 4.69) is 20.9 Å². The maximum atomic E-state index is 15.4. The van der Waals surface area contributed by atoms with Crippen LogP contribution in [0.4, 0.5) is 10.1 Å². The lowest BCUT2D eigenvalue weighted by molar-refractivity contribution is -0.123. The van der Waals surface area contributed by atoms with Gasteiger partial charge >= 0.3 is 0 Å². The maximum absolute atomic E-state index is 15.4. The van der Waals surface area contributed by atoms with Gasteiger partial charge in [-0.2, -0.15) is 4.31 Å². The van der Waals surface area contributed by atoms with Crippen LogP contribution in [0.1, 0.15) is 37.3 Å². The number of nitrogens with zero attached hydrogens (tertiary/aromatic N) is 2. The van der Waals surface area contributed by atoms with E-state index in [0.29, 0.717) is 55.4 Å². The van der Waals surface area contributed by atoms with Gasteiger partial charge in [0.2, 0.25) is 15.9 Å². The van der Waals surface area contributed by atoms with Gasteiger partial charge in [-0.25, -0.2) is 12.8 Å². The molecule has 3 aromatic rings. The first-order valence-corrected chi connectivity index (χ1v) is 16.8. The molecule has 44 heavy (non-hydrogen) atoms. The molecule has 3 atom stereocenters. The van der Waals surface area contributed by atoms with E-state index in [1.54, 1.807) is 46.8 Å². The molecule has 12 heteroatoms. The summed E-state index contributed by atoms with van der Waals surface area (Å²) in [5, 5.41) is 10.3. The number of carbonyl (C=O) groups excluding carboxylic acids is 1. The summed E-state index contributed by atoms with van der Waals surface area (Å²) in [6.45, 7) is 4.01. The molecule has 1 amide bonds. The second kappa shape index (κ2) is 14.8. The molecule has 2 aliphatic heterocycles. The Morgan fingerprint density at radius 3 is 2.57 bits per heavy atom. The van der Waals surface area contributed by atoms with Gasteiger partial charge in [0, 0.05) is 61.4 Å². The highest BCUT2D eigenvalue weighted by Gasteiger charge is 2.38. The lowest BCUT2D eigenvalue weighted by atomic mass is 10.00. The topological polar surface area (TPSA) is 113 Å². The lowest BCUT2D eigenvalue weighted by Gasteiger charge is -2.40. The summed E-state index contributed by atoms with van der Waals surface area (Å²) in [5.41, 5.74) is 1.65. The number of aromatic nitrogens is 1. The lowest BCUT2D eigenvalue weighted by Crippen LogP contribution is -2.58. The van der Waals surface area contributed by atoms with E-state index in [0.717, 1.165) is 24.6 Å². The van der Waals surface area contributed by atoms with Crippen LogP contribution in [-0.4, -0.2) is 74.1 Å². The number of pyridine rings is 1. The van der Waals surface area contributed by atoms with Crippen LogP contribution >= 0.6 is 11.6 Å². The monoisotopic (exact) mass is 643 g/mol. The van der Waals surface area contributed by atoms with Crippen LogP contribution in [0.3, 0.4) is 0 Å². The molecule has 2 aliphatic rings. The Kier molecular flexibility index (Phi) is 10.9. The van der Waals surface area contributed by atoms with E-state index in [4.69, 9.17) is 16.3 Å². The Hall–Kier alpha value is -3.09. The smallest absolute Gasteiger partial charge is 0.243 e. The molecular weight excluding hydrogens is 605 g/mol. The molecule has 0 bridgehead atoms. The van der Waals surface area contributed by atoms with Gasteiger partial charge in [-0.1, -0.05) is 41.9 Å². The number of piperazine rings is 1. The Labute approximate surface area is 263 Å². The number of hydrogen-bond acceptors (Lipinski definition) is 7. The first-order chi connectivity index (χ1) is 21.2. The van der Waals surface area contributed by atoms with Crippen LogP contribution < -0.4 is 16.0 Å². The fraction of sp³-hybridized carbons (Fsp3) is 0.438. The summed E-state index contributed by atoms with van der Waals surface area (Å²) < 4.78 is 49.7. The minimum Gasteiger partial charge on any atom is -0.381 e. The van der Waals surface area contributed by atoms with Crippen LogP contribution in [0.5, 0.6) is 0 Å². The normalized spacial score (nSPS) is 20.6. The van der Waals surface area contributed by atoms with Crippen molar-refractivity contribution in [3.63, 3.8) is 0 Å². The molecule has 3 heterocycles. The van der Waals surface area contributed by atoms with Crippen LogP contribution in [0, 0.1) is 5.82 Å². The second-order valence-corrected chi connectivity index (χ2v) is 13.7. The summed E-state index contributed by atoms with van der Waals surface area (Å²) in [6, 6.07) is 14.3. The predicted molar refractivity (Wildman–Crippen MR) is 169 cm³/mol. The van der Waals surface area contributed by atoms with Gasteiger partial charge in [0.25, 0.3) is 0 Å². The molecule has 9 nitrogen and oxygen atoms in total. The molecule has 3 N–H and O–H groups in total. The molecule has 0 saturated carbocycles. The quantitative estimate of drug-likeness (QED) is 0.287. The number of benzene rings is 2. The molecule has 5 rings (SSSR count). The van der Waals surface area contributed by atoms with Crippen LogP contribution in [0.15, 0.2) is 71.9 Å². The molecule has 0 radical (unpaired) electrons. The van der Waals surface area contributed by atoms with Crippen molar-refractivity contribution in [3.05, 3.63) is 89.0 Å². The zero-order valence-electron chi connectivity index (χ0n) is 24.7. The van der Waals surface area contributed by atoms with Gasteiger partial charge in [-0.15, -0.1) is 0 Å². The van der Waals surface area contributed by atoms with Crippen molar-refractivity contribution in [2.24, 2.45) is 0 Å². The highest BCUT2D eigenvalue weighted by Crippen LogP contribution is 2.28. The third-order valence-electron chi connectivity index (χ3n) is 8.23. The number of ether oxygens (including phenoxy) is 1. The highest BCUT2D eigenvalue weighted by atomic mass is 35.5. The van der Waals surface area contributed by atoms with Crippen molar-refractivity contribution in [2.45, 2.75) is 68.1 Å². The summed E-state index contributed by atoms with van der Waals surface area (Å²) in [4.78, 5) is 17.9. The molecule has 2 saturated heterocycles. The Morgan fingerprint density at radius 1 is 1.11 bits per heavy atom. The molecule has 236 valence electrons. The molecule has 2 fully saturated rings. The average molecular weight is 644 g/mol. The van der Waals surface area contributed by atoms with Crippen molar-refractivity contribution in [1.82, 2.24) is 19.9 Å². The first-order valence-electron chi connectivity index (χ1n) is 15.0. The fourth-order valence-electron chi connectivity index (χ4n) is 5.92. The van der Waals surface area contributed by atoms with E-state index in [1.165, 1.54) is 6.20 Å². The molecule has 0 aliphatic carbocycles. The standard InChI is InChI=1S/C32H39ClFN5O4S/c1-22-18-35-19-26(39(22)44(41,42)27-5-3-2-4-6-27)11-12-28-29(34)20-36-21-31(28)38-30(17-23-7-9-24(33)10-8-23)32(40)37-25-13-15-43-16-14-25/h2-10,20-22,25-26,30,35,38H,11-19H2,1H3,(H,37,40)/t22-,26-,30-/m0/s1. The van der Waals surface area contributed by atoms with Crippen LogP contribution in [-0.2, 0) is 32.4 Å². The van der Waals surface area contributed by atoms with Crippen molar-refractivity contribution in [3.8, 4) is 0 Å². The van der Waals surface area contributed by atoms with Gasteiger partial charge in [-0.05, 0) is 62.4 Å². The molecular formula is C32H39ClFN5O4S. The summed E-state index contributed by atoms with van der Waals surface area (Å²) in [7, 11) is -3.77. The van der Waals surface area contributed by atoms with Gasteiger partial charge in [0.15, 0.2) is 0 Å². The largest absolute Gasteiger partial charge is 0.381 e.